The van der Waals surface area contributed by atoms with Crippen LogP contribution in [-0.4, -0.2) is 47.5 Å². The largest absolute Gasteiger partial charge is 0.444 e. The van der Waals surface area contributed by atoms with Gasteiger partial charge in [0.1, 0.15) is 5.60 Å². The summed E-state index contributed by atoms with van der Waals surface area (Å²) in [6.45, 7) is 7.62. The van der Waals surface area contributed by atoms with E-state index in [1.807, 2.05) is 20.8 Å². The third-order valence-corrected chi connectivity index (χ3v) is 2.54. The first-order valence-corrected chi connectivity index (χ1v) is 7.51. The van der Waals surface area contributed by atoms with Crippen LogP contribution in [-0.2, 0) is 15.5 Å². The zero-order valence-electron chi connectivity index (χ0n) is 11.2. The second-order valence-electron chi connectivity index (χ2n) is 4.81. The number of carbonyl (C=O) groups excluding carboxylic acids is 1. The van der Waals surface area contributed by atoms with Gasteiger partial charge >= 0.3 is 6.09 Å². The number of carbonyl (C=O) groups is 1. The Kier molecular flexibility index (Phi) is 8.16. The molecular weight excluding hydrogens is 240 g/mol. The van der Waals surface area contributed by atoms with Crippen molar-refractivity contribution >= 4 is 16.9 Å². The lowest BCUT2D eigenvalue weighted by molar-refractivity contribution is 0.0527. The van der Waals surface area contributed by atoms with E-state index in [1.165, 1.54) is 0 Å². The normalized spacial score (nSPS) is 13.2. The Morgan fingerprint density at radius 2 is 1.88 bits per heavy atom. The van der Waals surface area contributed by atoms with E-state index in [4.69, 9.17) is 4.74 Å². The van der Waals surface area contributed by atoms with E-state index >= 15 is 0 Å². The van der Waals surface area contributed by atoms with Crippen LogP contribution in [0.4, 0.5) is 4.79 Å². The highest BCUT2D eigenvalue weighted by molar-refractivity contribution is 7.84. The molecule has 1 unspecified atom stereocenters. The molecule has 0 fully saturated rings. The lowest BCUT2D eigenvalue weighted by atomic mass is 10.2. The zero-order chi connectivity index (χ0) is 13.3. The second-order valence-corrected chi connectivity index (χ2v) is 6.36. The van der Waals surface area contributed by atoms with Gasteiger partial charge in [-0.25, -0.2) is 4.79 Å². The lowest BCUT2D eigenvalue weighted by Gasteiger charge is -2.19. The molecule has 0 rings (SSSR count). The van der Waals surface area contributed by atoms with Crippen molar-refractivity contribution in [3.63, 3.8) is 0 Å². The number of hydrogen-bond acceptors (Lipinski definition) is 4. The Labute approximate surface area is 106 Å². The van der Waals surface area contributed by atoms with Gasteiger partial charge in [-0.15, -0.1) is 0 Å². The van der Waals surface area contributed by atoms with Crippen LogP contribution in [0.3, 0.4) is 0 Å². The van der Waals surface area contributed by atoms with Crippen molar-refractivity contribution in [3.05, 3.63) is 0 Å². The van der Waals surface area contributed by atoms with E-state index in [2.05, 4.69) is 10.6 Å². The van der Waals surface area contributed by atoms with Crippen LogP contribution in [0.15, 0.2) is 0 Å². The smallest absolute Gasteiger partial charge is 0.407 e. The topological polar surface area (TPSA) is 67.4 Å². The van der Waals surface area contributed by atoms with Crippen molar-refractivity contribution in [1.82, 2.24) is 10.6 Å². The highest BCUT2D eigenvalue weighted by Crippen LogP contribution is 2.06. The Balaban J connectivity index is 3.34. The highest BCUT2D eigenvalue weighted by atomic mass is 32.2. The summed E-state index contributed by atoms with van der Waals surface area (Å²) in [6, 6.07) is 0. The predicted molar refractivity (Wildman–Crippen MR) is 70.7 cm³/mol. The van der Waals surface area contributed by atoms with Crippen molar-refractivity contribution in [2.75, 3.05) is 31.6 Å². The minimum absolute atomic E-state index is 0.382. The van der Waals surface area contributed by atoms with Gasteiger partial charge < -0.3 is 15.4 Å². The van der Waals surface area contributed by atoms with Crippen LogP contribution >= 0.6 is 0 Å². The monoisotopic (exact) mass is 264 g/mol. The molecule has 0 heterocycles. The maximum atomic E-state index is 11.2. The number of rotatable bonds is 7. The molecule has 0 aliphatic heterocycles. The van der Waals surface area contributed by atoms with Gasteiger partial charge in [-0.3, -0.25) is 4.21 Å². The van der Waals surface area contributed by atoms with E-state index < -0.39 is 16.4 Å². The standard InChI is InChI=1S/C11H24N2O3S/c1-11(2,3)16-10(14)13-7-5-6-12-8-9-17(4)15/h12H,5-9H2,1-4H3,(H,13,14). The molecule has 102 valence electrons. The van der Waals surface area contributed by atoms with Gasteiger partial charge in [-0.1, -0.05) is 0 Å². The molecule has 1 atom stereocenters. The van der Waals surface area contributed by atoms with E-state index in [-0.39, 0.29) is 6.09 Å². The molecule has 1 amide bonds. The molecule has 0 saturated heterocycles. The molecule has 0 aromatic heterocycles. The molecule has 2 N–H and O–H groups in total. The number of nitrogens with one attached hydrogen (secondary N) is 2. The fraction of sp³-hybridized carbons (Fsp3) is 0.909. The summed E-state index contributed by atoms with van der Waals surface area (Å²) in [4.78, 5) is 11.2. The van der Waals surface area contributed by atoms with Crippen LogP contribution in [0.25, 0.3) is 0 Å². The van der Waals surface area contributed by atoms with E-state index in [0.717, 1.165) is 19.5 Å². The highest BCUT2D eigenvalue weighted by Gasteiger charge is 2.15. The van der Waals surface area contributed by atoms with Gasteiger partial charge in [0, 0.05) is 35.9 Å². The second kappa shape index (κ2) is 8.47. The average molecular weight is 264 g/mol. The molecule has 5 nitrogen and oxygen atoms in total. The average Bonchev–Trinajstić information content (AvgIpc) is 2.12. The molecule has 17 heavy (non-hydrogen) atoms. The zero-order valence-corrected chi connectivity index (χ0v) is 12.0. The molecule has 0 saturated carbocycles. The maximum Gasteiger partial charge on any atom is 0.407 e. The number of ether oxygens (including phenoxy) is 1. The lowest BCUT2D eigenvalue weighted by Crippen LogP contribution is -2.34. The van der Waals surface area contributed by atoms with Crippen LogP contribution in [0, 0.1) is 0 Å². The molecule has 0 aromatic rings. The first-order chi connectivity index (χ1) is 7.81. The number of hydrogen-bond donors (Lipinski definition) is 2. The van der Waals surface area contributed by atoms with E-state index in [0.29, 0.717) is 12.3 Å². The van der Waals surface area contributed by atoms with Gasteiger partial charge in [0.2, 0.25) is 0 Å². The molecular formula is C11H24N2O3S. The molecule has 6 heteroatoms. The van der Waals surface area contributed by atoms with Gasteiger partial charge in [-0.2, -0.15) is 0 Å². The van der Waals surface area contributed by atoms with Gasteiger partial charge in [0.25, 0.3) is 0 Å². The summed E-state index contributed by atoms with van der Waals surface area (Å²) in [7, 11) is -0.744. The van der Waals surface area contributed by atoms with Crippen molar-refractivity contribution in [2.45, 2.75) is 32.8 Å². The molecule has 0 bridgehead atoms. The van der Waals surface area contributed by atoms with Crippen molar-refractivity contribution in [1.29, 1.82) is 0 Å². The van der Waals surface area contributed by atoms with Crippen molar-refractivity contribution in [2.24, 2.45) is 0 Å². The Bertz CT molecular complexity index is 252. The number of alkyl carbamates (subject to hydrolysis) is 1. The van der Waals surface area contributed by atoms with Crippen LogP contribution in [0.1, 0.15) is 27.2 Å². The number of amides is 1. The minimum Gasteiger partial charge on any atom is -0.444 e. The van der Waals surface area contributed by atoms with Crippen molar-refractivity contribution in [3.8, 4) is 0 Å². The van der Waals surface area contributed by atoms with Gasteiger partial charge in [0.05, 0.1) is 0 Å². The predicted octanol–water partition coefficient (Wildman–Crippen LogP) is 0.869. The Hall–Kier alpha value is -0.620. The SMILES string of the molecule is CS(=O)CCNCCCNC(=O)OC(C)(C)C. The van der Waals surface area contributed by atoms with Crippen LogP contribution in [0.5, 0.6) is 0 Å². The molecule has 0 radical (unpaired) electrons. The quantitative estimate of drug-likeness (QED) is 0.670. The Morgan fingerprint density at radius 3 is 2.41 bits per heavy atom. The third kappa shape index (κ3) is 13.3. The van der Waals surface area contributed by atoms with Crippen LogP contribution in [0.2, 0.25) is 0 Å². The molecule has 0 aliphatic rings. The summed E-state index contributed by atoms with van der Waals surface area (Å²) in [5.41, 5.74) is -0.451. The van der Waals surface area contributed by atoms with Crippen LogP contribution < -0.4 is 10.6 Å². The fourth-order valence-corrected chi connectivity index (χ4v) is 1.49. The van der Waals surface area contributed by atoms with E-state index in [9.17, 15) is 9.00 Å². The summed E-state index contributed by atoms with van der Waals surface area (Å²) in [5, 5.41) is 5.83. The van der Waals surface area contributed by atoms with Gasteiger partial charge in [0.15, 0.2) is 0 Å². The summed E-state index contributed by atoms with van der Waals surface area (Å²) in [5.74, 6) is 0.666. The summed E-state index contributed by atoms with van der Waals surface area (Å²) in [6.07, 6.45) is 2.13. The maximum absolute atomic E-state index is 11.2. The molecule has 0 aromatic carbocycles. The van der Waals surface area contributed by atoms with Gasteiger partial charge in [-0.05, 0) is 33.7 Å². The summed E-state index contributed by atoms with van der Waals surface area (Å²) >= 11 is 0. The molecule has 0 spiro atoms. The summed E-state index contributed by atoms with van der Waals surface area (Å²) < 4.78 is 15.8. The fourth-order valence-electron chi connectivity index (χ4n) is 1.06. The third-order valence-electron chi connectivity index (χ3n) is 1.76. The van der Waals surface area contributed by atoms with E-state index in [1.54, 1.807) is 6.26 Å². The Morgan fingerprint density at radius 1 is 1.24 bits per heavy atom. The minimum atomic E-state index is -0.744. The van der Waals surface area contributed by atoms with Crippen molar-refractivity contribution < 1.29 is 13.7 Å². The first kappa shape index (κ1) is 16.4. The first-order valence-electron chi connectivity index (χ1n) is 5.79. The molecule has 0 aliphatic carbocycles.